The molecule has 2 fully saturated rings. The van der Waals surface area contributed by atoms with Crippen LogP contribution in [0.5, 0.6) is 0 Å². The summed E-state index contributed by atoms with van der Waals surface area (Å²) in [6.45, 7) is 0.131. The quantitative estimate of drug-likeness (QED) is 0.640. The molecule has 3 amide bonds. The van der Waals surface area contributed by atoms with Crippen LogP contribution in [-0.4, -0.2) is 42.6 Å². The number of imide groups is 1. The fraction of sp³-hybridized carbons (Fsp3) is 0.778. The lowest BCUT2D eigenvalue weighted by atomic mass is 10.2. The van der Waals surface area contributed by atoms with E-state index in [0.29, 0.717) is 0 Å². The van der Waals surface area contributed by atoms with Crippen molar-refractivity contribution in [1.82, 2.24) is 10.2 Å². The summed E-state index contributed by atoms with van der Waals surface area (Å²) in [5.41, 5.74) is 0. The van der Waals surface area contributed by atoms with E-state index in [1.807, 2.05) is 0 Å². The molecule has 2 atom stereocenters. The molecular weight excluding hydrogens is 184 g/mol. The van der Waals surface area contributed by atoms with Crippen LogP contribution in [0.25, 0.3) is 0 Å². The Bertz CT molecular complexity index is 251. The third-order valence-corrected chi connectivity index (χ3v) is 2.93. The van der Waals surface area contributed by atoms with Crippen molar-refractivity contribution in [3.63, 3.8) is 0 Å². The lowest BCUT2D eigenvalue weighted by Gasteiger charge is -2.25. The van der Waals surface area contributed by atoms with Gasteiger partial charge in [-0.15, -0.1) is 0 Å². The van der Waals surface area contributed by atoms with Crippen molar-refractivity contribution in [3.8, 4) is 0 Å². The molecule has 0 bridgehead atoms. The van der Waals surface area contributed by atoms with Crippen LogP contribution in [-0.2, 0) is 9.53 Å². The highest BCUT2D eigenvalue weighted by Crippen LogP contribution is 2.27. The van der Waals surface area contributed by atoms with Gasteiger partial charge >= 0.3 is 6.03 Å². The summed E-state index contributed by atoms with van der Waals surface area (Å²) in [5.74, 6) is -0.135. The summed E-state index contributed by atoms with van der Waals surface area (Å²) in [4.78, 5) is 24.1. The van der Waals surface area contributed by atoms with Crippen LogP contribution in [0.3, 0.4) is 0 Å². The van der Waals surface area contributed by atoms with E-state index in [-0.39, 0.29) is 30.6 Å². The average molecular weight is 198 g/mol. The van der Waals surface area contributed by atoms with E-state index in [1.165, 1.54) is 4.90 Å². The van der Waals surface area contributed by atoms with E-state index in [2.05, 4.69) is 5.32 Å². The van der Waals surface area contributed by atoms with Gasteiger partial charge in [-0.3, -0.25) is 9.69 Å². The van der Waals surface area contributed by atoms with Gasteiger partial charge in [0.15, 0.2) is 0 Å². The van der Waals surface area contributed by atoms with E-state index in [0.717, 1.165) is 19.3 Å². The zero-order valence-corrected chi connectivity index (χ0v) is 8.16. The molecule has 5 nitrogen and oxygen atoms in total. The van der Waals surface area contributed by atoms with Crippen molar-refractivity contribution in [2.24, 2.45) is 0 Å². The smallest absolute Gasteiger partial charge is 0.324 e. The van der Waals surface area contributed by atoms with Gasteiger partial charge in [0, 0.05) is 7.11 Å². The zero-order valence-electron chi connectivity index (χ0n) is 8.16. The third-order valence-electron chi connectivity index (χ3n) is 2.93. The standard InChI is InChI=1S/C9H14N2O3/c1-14-7-4-2-3-6(7)11-8(12)5-10-9(11)13/h6-7H,2-5H2,1H3,(H,10,13). The van der Waals surface area contributed by atoms with Gasteiger partial charge in [-0.25, -0.2) is 4.79 Å². The Labute approximate surface area is 82.4 Å². The predicted molar refractivity (Wildman–Crippen MR) is 48.7 cm³/mol. The van der Waals surface area contributed by atoms with Gasteiger partial charge in [0.2, 0.25) is 5.91 Å². The molecule has 1 saturated heterocycles. The molecule has 14 heavy (non-hydrogen) atoms. The van der Waals surface area contributed by atoms with E-state index in [1.54, 1.807) is 7.11 Å². The van der Waals surface area contributed by atoms with E-state index in [4.69, 9.17) is 4.74 Å². The molecule has 2 aliphatic rings. The van der Waals surface area contributed by atoms with Crippen molar-refractivity contribution in [2.45, 2.75) is 31.4 Å². The second-order valence-corrected chi connectivity index (χ2v) is 3.69. The Hall–Kier alpha value is -1.10. The molecule has 78 valence electrons. The van der Waals surface area contributed by atoms with Crippen LogP contribution in [0, 0.1) is 0 Å². The SMILES string of the molecule is COC1CCCC1N1C(=O)CNC1=O. The highest BCUT2D eigenvalue weighted by Gasteiger charge is 2.41. The van der Waals surface area contributed by atoms with Crippen molar-refractivity contribution >= 4 is 11.9 Å². The molecule has 2 unspecified atom stereocenters. The number of rotatable bonds is 2. The van der Waals surface area contributed by atoms with Gasteiger partial charge in [0.25, 0.3) is 0 Å². The van der Waals surface area contributed by atoms with Crippen molar-refractivity contribution in [1.29, 1.82) is 0 Å². The maximum absolute atomic E-state index is 11.4. The molecule has 1 aliphatic heterocycles. The molecule has 2 rings (SSSR count). The molecule has 1 heterocycles. The number of carbonyl (C=O) groups excluding carboxylic acids is 2. The lowest BCUT2D eigenvalue weighted by Crippen LogP contribution is -2.45. The first kappa shape index (κ1) is 9.45. The van der Waals surface area contributed by atoms with Gasteiger partial charge in [-0.1, -0.05) is 0 Å². The summed E-state index contributed by atoms with van der Waals surface area (Å²) in [6, 6.07) is -0.334. The summed E-state index contributed by atoms with van der Waals surface area (Å²) in [5, 5.41) is 2.52. The topological polar surface area (TPSA) is 58.6 Å². The van der Waals surface area contributed by atoms with Crippen molar-refractivity contribution in [3.05, 3.63) is 0 Å². The van der Waals surface area contributed by atoms with Gasteiger partial charge in [-0.2, -0.15) is 0 Å². The molecule has 1 N–H and O–H groups in total. The number of carbonyl (C=O) groups is 2. The Morgan fingerprint density at radius 3 is 2.79 bits per heavy atom. The fourth-order valence-electron chi connectivity index (χ4n) is 2.25. The number of urea groups is 1. The molecule has 0 aromatic rings. The molecular formula is C9H14N2O3. The van der Waals surface area contributed by atoms with Crippen LogP contribution >= 0.6 is 0 Å². The normalized spacial score (nSPS) is 32.5. The van der Waals surface area contributed by atoms with E-state index in [9.17, 15) is 9.59 Å². The zero-order chi connectivity index (χ0) is 10.1. The van der Waals surface area contributed by atoms with E-state index >= 15 is 0 Å². The monoisotopic (exact) mass is 198 g/mol. The minimum atomic E-state index is -0.274. The van der Waals surface area contributed by atoms with Gasteiger partial charge < -0.3 is 10.1 Å². The molecule has 0 radical (unpaired) electrons. The third kappa shape index (κ3) is 1.37. The predicted octanol–water partition coefficient (Wildman–Crippen LogP) is 0.106. The van der Waals surface area contributed by atoms with Crippen LogP contribution in [0.15, 0.2) is 0 Å². The van der Waals surface area contributed by atoms with E-state index < -0.39 is 0 Å². The molecule has 1 saturated carbocycles. The summed E-state index contributed by atoms with van der Waals surface area (Å²) in [7, 11) is 1.63. The van der Waals surface area contributed by atoms with Crippen molar-refractivity contribution < 1.29 is 14.3 Å². The Morgan fingerprint density at radius 1 is 1.43 bits per heavy atom. The molecule has 0 aromatic heterocycles. The Kier molecular flexibility index (Phi) is 2.41. The first-order valence-corrected chi connectivity index (χ1v) is 4.86. The summed E-state index contributed by atoms with van der Waals surface area (Å²) >= 11 is 0. The number of nitrogens with zero attached hydrogens (tertiary/aromatic N) is 1. The Morgan fingerprint density at radius 2 is 2.21 bits per heavy atom. The van der Waals surface area contributed by atoms with Crippen molar-refractivity contribution in [2.75, 3.05) is 13.7 Å². The number of hydrogen-bond donors (Lipinski definition) is 1. The van der Waals surface area contributed by atoms with Crippen LogP contribution in [0.1, 0.15) is 19.3 Å². The number of hydrogen-bond acceptors (Lipinski definition) is 3. The van der Waals surface area contributed by atoms with Crippen LogP contribution in [0.2, 0.25) is 0 Å². The molecule has 1 aliphatic carbocycles. The molecule has 5 heteroatoms. The average Bonchev–Trinajstić information content (AvgIpc) is 2.73. The first-order valence-electron chi connectivity index (χ1n) is 4.86. The highest BCUT2D eigenvalue weighted by molar-refractivity contribution is 6.02. The van der Waals surface area contributed by atoms with Crippen LogP contribution < -0.4 is 5.32 Å². The minimum absolute atomic E-state index is 0.0165. The number of methoxy groups -OCH3 is 1. The minimum Gasteiger partial charge on any atom is -0.379 e. The summed E-state index contributed by atoms with van der Waals surface area (Å²) in [6.07, 6.45) is 2.82. The Balaban J connectivity index is 2.13. The molecule has 0 spiro atoms. The number of nitrogens with one attached hydrogen (secondary N) is 1. The second kappa shape index (κ2) is 3.57. The number of ether oxygens (including phenoxy) is 1. The maximum Gasteiger partial charge on any atom is 0.324 e. The second-order valence-electron chi connectivity index (χ2n) is 3.69. The number of amides is 3. The summed E-state index contributed by atoms with van der Waals surface area (Å²) < 4.78 is 5.26. The van der Waals surface area contributed by atoms with Gasteiger partial charge in [0.05, 0.1) is 18.7 Å². The first-order chi connectivity index (χ1) is 6.74. The largest absolute Gasteiger partial charge is 0.379 e. The fourth-order valence-corrected chi connectivity index (χ4v) is 2.25. The van der Waals surface area contributed by atoms with Gasteiger partial charge in [-0.05, 0) is 19.3 Å². The molecule has 0 aromatic carbocycles. The highest BCUT2D eigenvalue weighted by atomic mass is 16.5. The lowest BCUT2D eigenvalue weighted by molar-refractivity contribution is -0.128. The van der Waals surface area contributed by atoms with Crippen LogP contribution in [0.4, 0.5) is 4.79 Å². The maximum atomic E-state index is 11.4. The van der Waals surface area contributed by atoms with Gasteiger partial charge in [0.1, 0.15) is 0 Å².